The van der Waals surface area contributed by atoms with Crippen LogP contribution in [0.25, 0.3) is 0 Å². The van der Waals surface area contributed by atoms with Crippen LogP contribution in [0.1, 0.15) is 18.4 Å². The summed E-state index contributed by atoms with van der Waals surface area (Å²) >= 11 is 5.00. The fraction of sp³-hybridized carbons (Fsp3) is 0.308. The maximum absolute atomic E-state index is 5.66. The summed E-state index contributed by atoms with van der Waals surface area (Å²) in [7, 11) is 0. The van der Waals surface area contributed by atoms with Crippen molar-refractivity contribution >= 4 is 22.9 Å². The fourth-order valence-corrected chi connectivity index (χ4v) is 1.99. The van der Waals surface area contributed by atoms with Crippen LogP contribution in [0, 0.1) is 0 Å². The molecule has 2 aromatic heterocycles. The molecule has 3 N–H and O–H groups in total. The van der Waals surface area contributed by atoms with E-state index in [1.54, 1.807) is 18.6 Å². The number of thiocarbonyl (C=S) groups is 1. The van der Waals surface area contributed by atoms with Gasteiger partial charge in [0.25, 0.3) is 0 Å². The van der Waals surface area contributed by atoms with E-state index in [0.717, 1.165) is 37.2 Å². The van der Waals surface area contributed by atoms with E-state index >= 15 is 0 Å². The van der Waals surface area contributed by atoms with Crippen molar-refractivity contribution in [1.29, 1.82) is 0 Å². The number of imidazole rings is 1. The maximum Gasteiger partial charge on any atom is 0.106 e. The highest BCUT2D eigenvalue weighted by atomic mass is 32.1. The summed E-state index contributed by atoms with van der Waals surface area (Å²) < 4.78 is 2.07. The van der Waals surface area contributed by atoms with Crippen LogP contribution in [0.3, 0.4) is 0 Å². The van der Waals surface area contributed by atoms with Crippen molar-refractivity contribution < 1.29 is 0 Å². The summed E-state index contributed by atoms with van der Waals surface area (Å²) in [4.78, 5) is 8.48. The van der Waals surface area contributed by atoms with Crippen molar-refractivity contribution in [3.63, 3.8) is 0 Å². The molecule has 0 saturated heterocycles. The number of nitrogens with one attached hydrogen (secondary N) is 1. The van der Waals surface area contributed by atoms with Gasteiger partial charge in [-0.05, 0) is 18.9 Å². The van der Waals surface area contributed by atoms with Crippen molar-refractivity contribution in [2.24, 2.45) is 5.73 Å². The van der Waals surface area contributed by atoms with Crippen LogP contribution in [0.15, 0.2) is 37.2 Å². The molecule has 2 aromatic rings. The Kier molecular flexibility index (Phi) is 4.85. The molecule has 5 nitrogen and oxygen atoms in total. The molecule has 0 aromatic carbocycles. The van der Waals surface area contributed by atoms with Gasteiger partial charge in [0.05, 0.1) is 18.2 Å². The van der Waals surface area contributed by atoms with E-state index in [2.05, 4.69) is 19.9 Å². The number of aryl methyl sites for hydroxylation is 1. The zero-order valence-corrected chi connectivity index (χ0v) is 11.4. The minimum absolute atomic E-state index is 0.392. The van der Waals surface area contributed by atoms with Gasteiger partial charge in [-0.15, -0.1) is 0 Å². The van der Waals surface area contributed by atoms with Crippen LogP contribution < -0.4 is 11.1 Å². The molecule has 0 unspecified atom stereocenters. The highest BCUT2D eigenvalue weighted by molar-refractivity contribution is 7.80. The van der Waals surface area contributed by atoms with E-state index in [1.165, 1.54) is 0 Å². The fourth-order valence-electron chi connectivity index (χ4n) is 1.81. The van der Waals surface area contributed by atoms with Gasteiger partial charge < -0.3 is 15.6 Å². The summed E-state index contributed by atoms with van der Waals surface area (Å²) in [5.74, 6) is 0. The molecule has 0 saturated carbocycles. The van der Waals surface area contributed by atoms with Gasteiger partial charge in [0.1, 0.15) is 4.99 Å². The Labute approximate surface area is 117 Å². The van der Waals surface area contributed by atoms with Crippen molar-refractivity contribution in [3.8, 4) is 0 Å². The Morgan fingerprint density at radius 3 is 2.95 bits per heavy atom. The number of nitrogens with zero attached hydrogens (tertiary/aromatic N) is 3. The van der Waals surface area contributed by atoms with Crippen molar-refractivity contribution in [2.75, 3.05) is 11.9 Å². The summed E-state index contributed by atoms with van der Waals surface area (Å²) in [6.45, 7) is 1.85. The second-order valence-electron chi connectivity index (χ2n) is 4.22. The Morgan fingerprint density at radius 1 is 1.32 bits per heavy atom. The number of anilines is 1. The Hall–Kier alpha value is -1.95. The minimum atomic E-state index is 0.392. The van der Waals surface area contributed by atoms with E-state index in [1.807, 2.05) is 18.6 Å². The average Bonchev–Trinajstić information content (AvgIpc) is 2.92. The van der Waals surface area contributed by atoms with Crippen LogP contribution in [-0.4, -0.2) is 26.1 Å². The van der Waals surface area contributed by atoms with Crippen molar-refractivity contribution in [2.45, 2.75) is 19.4 Å². The summed E-state index contributed by atoms with van der Waals surface area (Å²) in [5.41, 5.74) is 7.41. The van der Waals surface area contributed by atoms with Crippen molar-refractivity contribution in [1.82, 2.24) is 14.5 Å². The first-order chi connectivity index (χ1) is 9.27. The summed E-state index contributed by atoms with van der Waals surface area (Å²) in [6.07, 6.45) is 11.2. The van der Waals surface area contributed by atoms with Crippen LogP contribution in [-0.2, 0) is 6.54 Å². The van der Waals surface area contributed by atoms with E-state index in [4.69, 9.17) is 18.0 Å². The molecule has 19 heavy (non-hydrogen) atoms. The summed E-state index contributed by atoms with van der Waals surface area (Å²) in [5, 5.41) is 3.32. The lowest BCUT2D eigenvalue weighted by Gasteiger charge is -2.10. The molecule has 0 aliphatic rings. The maximum atomic E-state index is 5.66. The van der Waals surface area contributed by atoms with Crippen LogP contribution in [0.4, 0.5) is 5.69 Å². The first kappa shape index (κ1) is 13.5. The third-order valence-corrected chi connectivity index (χ3v) is 3.02. The molecule has 0 amide bonds. The van der Waals surface area contributed by atoms with Crippen molar-refractivity contribution in [3.05, 3.63) is 42.7 Å². The van der Waals surface area contributed by atoms with E-state index in [9.17, 15) is 0 Å². The molecule has 0 spiro atoms. The van der Waals surface area contributed by atoms with E-state index in [0.29, 0.717) is 4.99 Å². The molecule has 2 heterocycles. The highest BCUT2D eigenvalue weighted by Gasteiger charge is 2.03. The quantitative estimate of drug-likeness (QED) is 0.596. The predicted molar refractivity (Wildman–Crippen MR) is 80.1 cm³/mol. The number of unbranched alkanes of at least 4 members (excludes halogenated alkanes) is 1. The van der Waals surface area contributed by atoms with Gasteiger partial charge in [0.15, 0.2) is 0 Å². The third-order valence-electron chi connectivity index (χ3n) is 2.80. The second-order valence-corrected chi connectivity index (χ2v) is 4.66. The lowest BCUT2D eigenvalue weighted by molar-refractivity contribution is 0.621. The van der Waals surface area contributed by atoms with Crippen LogP contribution >= 0.6 is 12.2 Å². The molecular formula is C13H17N5S. The van der Waals surface area contributed by atoms with Gasteiger partial charge in [-0.3, -0.25) is 4.98 Å². The van der Waals surface area contributed by atoms with Gasteiger partial charge in [-0.1, -0.05) is 12.2 Å². The Bertz CT molecular complexity index is 524. The second kappa shape index (κ2) is 6.84. The number of pyridine rings is 1. The molecule has 100 valence electrons. The van der Waals surface area contributed by atoms with E-state index in [-0.39, 0.29) is 0 Å². The SMILES string of the molecule is NC(=S)c1ccncc1NCCCCn1ccnc1. The lowest BCUT2D eigenvalue weighted by atomic mass is 10.2. The molecule has 0 radical (unpaired) electrons. The molecule has 0 fully saturated rings. The highest BCUT2D eigenvalue weighted by Crippen LogP contribution is 2.13. The van der Waals surface area contributed by atoms with Gasteiger partial charge >= 0.3 is 0 Å². The lowest BCUT2D eigenvalue weighted by Crippen LogP contribution is -2.14. The monoisotopic (exact) mass is 275 g/mol. The molecule has 0 atom stereocenters. The number of hydrogen-bond acceptors (Lipinski definition) is 4. The van der Waals surface area contributed by atoms with Gasteiger partial charge in [0.2, 0.25) is 0 Å². The number of rotatable bonds is 7. The molecule has 2 rings (SSSR count). The smallest absolute Gasteiger partial charge is 0.106 e. The standard InChI is InChI=1S/C13H17N5S/c14-13(19)11-3-5-15-9-12(11)17-4-1-2-7-18-8-6-16-10-18/h3,5-6,8-10,17H,1-2,4,7H2,(H2,14,19). The minimum Gasteiger partial charge on any atom is -0.389 e. The Balaban J connectivity index is 1.75. The third kappa shape index (κ3) is 4.03. The molecule has 6 heteroatoms. The summed E-state index contributed by atoms with van der Waals surface area (Å²) in [6, 6.07) is 1.83. The van der Waals surface area contributed by atoms with Crippen LogP contribution in [0.5, 0.6) is 0 Å². The first-order valence-electron chi connectivity index (χ1n) is 6.21. The van der Waals surface area contributed by atoms with Gasteiger partial charge in [-0.2, -0.15) is 0 Å². The molecular weight excluding hydrogens is 258 g/mol. The molecule has 0 bridgehead atoms. The largest absolute Gasteiger partial charge is 0.389 e. The average molecular weight is 275 g/mol. The zero-order chi connectivity index (χ0) is 13.5. The normalized spacial score (nSPS) is 10.3. The molecule has 0 aliphatic heterocycles. The number of aromatic nitrogens is 3. The molecule has 0 aliphatic carbocycles. The van der Waals surface area contributed by atoms with Gasteiger partial charge in [-0.25, -0.2) is 4.98 Å². The predicted octanol–water partition coefficient (Wildman–Crippen LogP) is 1.80. The first-order valence-corrected chi connectivity index (χ1v) is 6.61. The van der Waals surface area contributed by atoms with Crippen LogP contribution in [0.2, 0.25) is 0 Å². The zero-order valence-electron chi connectivity index (χ0n) is 10.6. The topological polar surface area (TPSA) is 68.8 Å². The number of hydrogen-bond donors (Lipinski definition) is 2. The Morgan fingerprint density at radius 2 is 2.21 bits per heavy atom. The van der Waals surface area contributed by atoms with Gasteiger partial charge in [0, 0.05) is 37.2 Å². The number of nitrogens with two attached hydrogens (primary N) is 1. The van der Waals surface area contributed by atoms with E-state index < -0.39 is 0 Å².